The van der Waals surface area contributed by atoms with Crippen LogP contribution in [0.5, 0.6) is 5.75 Å². The second kappa shape index (κ2) is 14.1. The molecular weight excluding hydrogens is 574 g/mol. The van der Waals surface area contributed by atoms with Crippen LogP contribution in [0.15, 0.2) is 48.8 Å². The molecule has 1 unspecified atom stereocenters. The Bertz CT molecular complexity index is 1620. The lowest BCUT2D eigenvalue weighted by Crippen LogP contribution is -2.33. The van der Waals surface area contributed by atoms with Crippen molar-refractivity contribution in [2.45, 2.75) is 67.0 Å². The number of pyridine rings is 1. The van der Waals surface area contributed by atoms with Gasteiger partial charge in [0.15, 0.2) is 5.82 Å². The Balaban J connectivity index is 0.000000530. The van der Waals surface area contributed by atoms with Gasteiger partial charge in [-0.25, -0.2) is 18.4 Å². The van der Waals surface area contributed by atoms with Crippen molar-refractivity contribution < 1.29 is 23.1 Å². The summed E-state index contributed by atoms with van der Waals surface area (Å²) in [6.45, 7) is 9.01. The summed E-state index contributed by atoms with van der Waals surface area (Å²) in [5, 5.41) is 4.88. The van der Waals surface area contributed by atoms with Crippen molar-refractivity contribution in [2.24, 2.45) is 11.8 Å². The maximum atomic E-state index is 14.2. The summed E-state index contributed by atoms with van der Waals surface area (Å²) in [6, 6.07) is 9.57. The molecule has 10 heteroatoms. The normalized spacial score (nSPS) is 13.3. The molecule has 1 amide bonds. The molecule has 43 heavy (non-hydrogen) atoms. The van der Waals surface area contributed by atoms with Crippen molar-refractivity contribution in [2.75, 3.05) is 6.54 Å². The number of Topliss-reactive ketones (excluding diaryl/α,β-unsaturated/α-hetero) is 1. The standard InChI is InChI=1S/C26H23ClF2N4O3.C7H14/c1-15-7-24(33-13-20(29)10-30-33)21-5-4-6-25(26(21)31-15)36-14-22-18(8-19(28)9-23(22)27)12-32(17(3)35)11-16(2)34;1-3-6(2)7-4-5-7/h4-10,13H,11-12,14H2,1-3H3;6-7H,3-5H2,1-2H3. The van der Waals surface area contributed by atoms with Crippen molar-refractivity contribution in [1.82, 2.24) is 19.7 Å². The van der Waals surface area contributed by atoms with Gasteiger partial charge in [-0.05, 0) is 68.4 Å². The van der Waals surface area contributed by atoms with Crippen LogP contribution in [0, 0.1) is 30.4 Å². The number of nitrogens with zero attached hydrogens (tertiary/aromatic N) is 4. The number of fused-ring (bicyclic) bond motifs is 1. The van der Waals surface area contributed by atoms with Crippen LogP contribution in [0.1, 0.15) is 63.8 Å². The van der Waals surface area contributed by atoms with Crippen LogP contribution in [0.25, 0.3) is 16.6 Å². The summed E-state index contributed by atoms with van der Waals surface area (Å²) in [5.41, 5.74) is 2.74. The molecule has 0 aliphatic heterocycles. The number of para-hydroxylation sites is 1. The van der Waals surface area contributed by atoms with Crippen LogP contribution in [0.3, 0.4) is 0 Å². The third kappa shape index (κ3) is 8.38. The van der Waals surface area contributed by atoms with E-state index in [4.69, 9.17) is 16.3 Å². The zero-order valence-corrected chi connectivity index (χ0v) is 25.9. The summed E-state index contributed by atoms with van der Waals surface area (Å²) in [6.07, 6.45) is 6.79. The van der Waals surface area contributed by atoms with Crippen LogP contribution < -0.4 is 4.74 Å². The molecule has 0 spiro atoms. The van der Waals surface area contributed by atoms with E-state index in [9.17, 15) is 18.4 Å². The number of aryl methyl sites for hydroxylation is 1. The van der Waals surface area contributed by atoms with E-state index in [1.165, 1.54) is 61.0 Å². The lowest BCUT2D eigenvalue weighted by Gasteiger charge is -2.22. The minimum absolute atomic E-state index is 0.00695. The summed E-state index contributed by atoms with van der Waals surface area (Å²) in [4.78, 5) is 29.6. The highest BCUT2D eigenvalue weighted by molar-refractivity contribution is 6.31. The first-order chi connectivity index (χ1) is 20.5. The summed E-state index contributed by atoms with van der Waals surface area (Å²) in [7, 11) is 0. The van der Waals surface area contributed by atoms with Crippen LogP contribution in [0.4, 0.5) is 8.78 Å². The average Bonchev–Trinajstić information content (AvgIpc) is 3.71. The molecule has 1 saturated carbocycles. The Morgan fingerprint density at radius 2 is 1.91 bits per heavy atom. The van der Waals surface area contributed by atoms with Gasteiger partial charge in [0.1, 0.15) is 29.5 Å². The topological polar surface area (TPSA) is 77.3 Å². The van der Waals surface area contributed by atoms with E-state index < -0.39 is 11.6 Å². The Morgan fingerprint density at radius 3 is 2.49 bits per heavy atom. The van der Waals surface area contributed by atoms with E-state index >= 15 is 0 Å². The molecule has 2 aromatic heterocycles. The highest BCUT2D eigenvalue weighted by Crippen LogP contribution is 2.37. The van der Waals surface area contributed by atoms with Crippen molar-refractivity contribution in [3.63, 3.8) is 0 Å². The maximum absolute atomic E-state index is 14.2. The third-order valence-corrected chi connectivity index (χ3v) is 7.96. The molecule has 1 aliphatic rings. The summed E-state index contributed by atoms with van der Waals surface area (Å²) < 4.78 is 35.3. The van der Waals surface area contributed by atoms with Crippen LogP contribution in [-0.4, -0.2) is 37.9 Å². The van der Waals surface area contributed by atoms with Gasteiger partial charge in [0.05, 0.1) is 29.6 Å². The van der Waals surface area contributed by atoms with Gasteiger partial charge in [0.2, 0.25) is 5.91 Å². The van der Waals surface area contributed by atoms with Crippen molar-refractivity contribution >= 4 is 34.2 Å². The number of ketones is 1. The van der Waals surface area contributed by atoms with E-state index in [2.05, 4.69) is 23.9 Å². The zero-order valence-electron chi connectivity index (χ0n) is 25.2. The van der Waals surface area contributed by atoms with Gasteiger partial charge < -0.3 is 9.64 Å². The molecule has 0 bridgehead atoms. The van der Waals surface area contributed by atoms with Crippen LogP contribution >= 0.6 is 11.6 Å². The Labute approximate surface area is 255 Å². The minimum Gasteiger partial charge on any atom is -0.487 e. The fourth-order valence-electron chi connectivity index (χ4n) is 4.93. The van der Waals surface area contributed by atoms with Crippen LogP contribution in [-0.2, 0) is 22.7 Å². The van der Waals surface area contributed by atoms with Crippen molar-refractivity contribution in [3.05, 3.63) is 82.3 Å². The quantitative estimate of drug-likeness (QED) is 0.185. The van der Waals surface area contributed by atoms with E-state index in [1.807, 2.05) is 6.07 Å². The number of hydrogen-bond donors (Lipinski definition) is 0. The molecule has 228 valence electrons. The molecule has 7 nitrogen and oxygen atoms in total. The number of ether oxygens (including phenoxy) is 1. The number of carbonyl (C=O) groups excluding carboxylic acids is 2. The van der Waals surface area contributed by atoms with Gasteiger partial charge in [-0.3, -0.25) is 9.59 Å². The molecule has 0 N–H and O–H groups in total. The molecular formula is C33H37ClF2N4O3. The fraction of sp³-hybridized carbons (Fsp3) is 0.394. The molecule has 0 saturated heterocycles. The van der Waals surface area contributed by atoms with E-state index in [0.717, 1.165) is 18.0 Å². The smallest absolute Gasteiger partial charge is 0.220 e. The lowest BCUT2D eigenvalue weighted by atomic mass is 10.0. The number of carbonyl (C=O) groups is 2. The van der Waals surface area contributed by atoms with E-state index in [1.54, 1.807) is 25.1 Å². The highest BCUT2D eigenvalue weighted by Gasteiger charge is 2.26. The number of benzene rings is 2. The lowest BCUT2D eigenvalue weighted by molar-refractivity contribution is -0.133. The van der Waals surface area contributed by atoms with Gasteiger partial charge in [-0.2, -0.15) is 5.10 Å². The molecule has 2 heterocycles. The number of halogens is 3. The van der Waals surface area contributed by atoms with E-state index in [0.29, 0.717) is 39.2 Å². The first-order valence-corrected chi connectivity index (χ1v) is 14.8. The molecule has 0 radical (unpaired) electrons. The van der Waals surface area contributed by atoms with Gasteiger partial charge in [0.25, 0.3) is 0 Å². The average molecular weight is 611 g/mol. The Kier molecular flexibility index (Phi) is 10.5. The summed E-state index contributed by atoms with van der Waals surface area (Å²) >= 11 is 6.37. The van der Waals surface area contributed by atoms with Crippen molar-refractivity contribution in [3.8, 4) is 11.4 Å². The molecule has 1 aliphatic carbocycles. The number of rotatable bonds is 10. The predicted octanol–water partition coefficient (Wildman–Crippen LogP) is 7.62. The minimum atomic E-state index is -0.566. The second-order valence-corrected chi connectivity index (χ2v) is 11.6. The molecule has 5 rings (SSSR count). The molecule has 4 aromatic rings. The van der Waals surface area contributed by atoms with Gasteiger partial charge >= 0.3 is 0 Å². The van der Waals surface area contributed by atoms with Gasteiger partial charge in [-0.15, -0.1) is 0 Å². The maximum Gasteiger partial charge on any atom is 0.220 e. The summed E-state index contributed by atoms with van der Waals surface area (Å²) in [5.74, 6) is 1.01. The predicted molar refractivity (Wildman–Crippen MR) is 163 cm³/mol. The highest BCUT2D eigenvalue weighted by atomic mass is 35.5. The first kappa shape index (κ1) is 32.1. The van der Waals surface area contributed by atoms with Gasteiger partial charge in [-0.1, -0.05) is 44.0 Å². The van der Waals surface area contributed by atoms with Gasteiger partial charge in [0, 0.05) is 30.1 Å². The molecule has 1 atom stereocenters. The SMILES string of the molecule is CC(=O)CN(Cc1cc(F)cc(Cl)c1COc1cccc2c(-n3cc(F)cn3)cc(C)nc12)C(C)=O.CCC(C)C1CC1. The first-order valence-electron chi connectivity index (χ1n) is 14.4. The number of aromatic nitrogens is 3. The number of hydrogen-bond acceptors (Lipinski definition) is 5. The largest absolute Gasteiger partial charge is 0.487 e. The third-order valence-electron chi connectivity index (χ3n) is 7.62. The second-order valence-electron chi connectivity index (χ2n) is 11.2. The Morgan fingerprint density at radius 1 is 1.16 bits per heavy atom. The van der Waals surface area contributed by atoms with Crippen LogP contribution in [0.2, 0.25) is 5.02 Å². The van der Waals surface area contributed by atoms with E-state index in [-0.39, 0.29) is 36.4 Å². The molecule has 1 fully saturated rings. The number of amides is 1. The van der Waals surface area contributed by atoms with Crippen molar-refractivity contribution in [1.29, 1.82) is 0 Å². The fourth-order valence-corrected chi connectivity index (χ4v) is 5.21. The monoisotopic (exact) mass is 610 g/mol. The Hall–Kier alpha value is -3.85. The molecule has 2 aromatic carbocycles. The zero-order chi connectivity index (χ0) is 31.3.